The number of rotatable bonds is 2. The van der Waals surface area contributed by atoms with Crippen LogP contribution in [0.25, 0.3) is 0 Å². The van der Waals surface area contributed by atoms with E-state index >= 15 is 0 Å². The van der Waals surface area contributed by atoms with Gasteiger partial charge in [0, 0.05) is 13.1 Å². The summed E-state index contributed by atoms with van der Waals surface area (Å²) >= 11 is 0. The molecule has 4 heteroatoms. The van der Waals surface area contributed by atoms with Crippen LogP contribution >= 0.6 is 0 Å². The maximum atomic E-state index is 5.66. The average Bonchev–Trinajstić information content (AvgIpc) is 2.69. The van der Waals surface area contributed by atoms with Crippen molar-refractivity contribution >= 4 is 11.4 Å². The van der Waals surface area contributed by atoms with Crippen molar-refractivity contribution in [3.63, 3.8) is 0 Å². The molecule has 0 spiro atoms. The SMILES string of the molecule is Cc1nc(CN2CCNc3ccccc32)oc1C. The van der Waals surface area contributed by atoms with E-state index in [4.69, 9.17) is 4.42 Å². The first-order valence-electron chi connectivity index (χ1n) is 6.25. The fourth-order valence-electron chi connectivity index (χ4n) is 2.28. The molecule has 1 aromatic heterocycles. The largest absolute Gasteiger partial charge is 0.444 e. The molecule has 0 amide bonds. The number of fused-ring (bicyclic) bond motifs is 1. The Morgan fingerprint density at radius 3 is 2.94 bits per heavy atom. The van der Waals surface area contributed by atoms with E-state index < -0.39 is 0 Å². The van der Waals surface area contributed by atoms with E-state index in [9.17, 15) is 0 Å². The van der Waals surface area contributed by atoms with Crippen LogP contribution < -0.4 is 10.2 Å². The summed E-state index contributed by atoms with van der Waals surface area (Å²) in [7, 11) is 0. The Hall–Kier alpha value is -1.97. The van der Waals surface area contributed by atoms with Gasteiger partial charge < -0.3 is 14.6 Å². The second kappa shape index (κ2) is 4.37. The minimum absolute atomic E-state index is 0.730. The molecular weight excluding hydrogens is 226 g/mol. The molecule has 0 fully saturated rings. The number of hydrogen-bond donors (Lipinski definition) is 1. The first-order valence-corrected chi connectivity index (χ1v) is 6.25. The molecule has 0 bridgehead atoms. The molecule has 0 aliphatic carbocycles. The van der Waals surface area contributed by atoms with Crippen molar-refractivity contribution in [3.8, 4) is 0 Å². The highest BCUT2D eigenvalue weighted by Crippen LogP contribution is 2.29. The molecule has 18 heavy (non-hydrogen) atoms. The fraction of sp³-hybridized carbons (Fsp3) is 0.357. The highest BCUT2D eigenvalue weighted by molar-refractivity contribution is 5.71. The zero-order valence-corrected chi connectivity index (χ0v) is 10.7. The predicted octanol–water partition coefficient (Wildman–Crippen LogP) is 2.72. The van der Waals surface area contributed by atoms with Gasteiger partial charge in [0.1, 0.15) is 5.76 Å². The van der Waals surface area contributed by atoms with Gasteiger partial charge in [-0.25, -0.2) is 4.98 Å². The van der Waals surface area contributed by atoms with Crippen LogP contribution in [0.2, 0.25) is 0 Å². The van der Waals surface area contributed by atoms with E-state index in [0.29, 0.717) is 0 Å². The maximum Gasteiger partial charge on any atom is 0.214 e. The van der Waals surface area contributed by atoms with E-state index in [1.165, 1.54) is 11.4 Å². The van der Waals surface area contributed by atoms with Crippen LogP contribution in [0, 0.1) is 13.8 Å². The highest BCUT2D eigenvalue weighted by atomic mass is 16.4. The molecule has 2 aromatic rings. The Bertz CT molecular complexity index is 542. The van der Waals surface area contributed by atoms with Gasteiger partial charge in [-0.1, -0.05) is 12.1 Å². The average molecular weight is 243 g/mol. The number of para-hydroxylation sites is 2. The molecule has 3 rings (SSSR count). The molecule has 1 aliphatic heterocycles. The molecule has 1 aromatic carbocycles. The highest BCUT2D eigenvalue weighted by Gasteiger charge is 2.18. The summed E-state index contributed by atoms with van der Waals surface area (Å²) in [6, 6.07) is 8.34. The van der Waals surface area contributed by atoms with Gasteiger partial charge in [-0.3, -0.25) is 0 Å². The molecular formula is C14H17N3O. The summed E-state index contributed by atoms with van der Waals surface area (Å²) in [5.74, 6) is 1.70. The Balaban J connectivity index is 1.86. The zero-order valence-electron chi connectivity index (χ0n) is 10.7. The molecule has 0 saturated carbocycles. The second-order valence-electron chi connectivity index (χ2n) is 4.61. The van der Waals surface area contributed by atoms with Gasteiger partial charge in [0.2, 0.25) is 5.89 Å². The smallest absolute Gasteiger partial charge is 0.214 e. The summed E-state index contributed by atoms with van der Waals surface area (Å²) in [6.07, 6.45) is 0. The summed E-state index contributed by atoms with van der Waals surface area (Å²) in [5.41, 5.74) is 3.38. The molecule has 4 nitrogen and oxygen atoms in total. The number of nitrogens with zero attached hydrogens (tertiary/aromatic N) is 2. The van der Waals surface area contributed by atoms with Crippen molar-refractivity contribution in [1.82, 2.24) is 4.98 Å². The molecule has 0 saturated heterocycles. The van der Waals surface area contributed by atoms with Crippen molar-refractivity contribution in [2.45, 2.75) is 20.4 Å². The topological polar surface area (TPSA) is 41.3 Å². The number of benzene rings is 1. The van der Waals surface area contributed by atoms with Crippen molar-refractivity contribution in [3.05, 3.63) is 41.6 Å². The first-order chi connectivity index (χ1) is 8.74. The fourth-order valence-corrected chi connectivity index (χ4v) is 2.28. The lowest BCUT2D eigenvalue weighted by Gasteiger charge is -2.30. The van der Waals surface area contributed by atoms with E-state index in [2.05, 4.69) is 39.5 Å². The third-order valence-corrected chi connectivity index (χ3v) is 3.34. The molecule has 2 heterocycles. The van der Waals surface area contributed by atoms with Crippen LogP contribution in [-0.2, 0) is 6.54 Å². The second-order valence-corrected chi connectivity index (χ2v) is 4.61. The van der Waals surface area contributed by atoms with Gasteiger partial charge in [0.25, 0.3) is 0 Å². The first kappa shape index (κ1) is 11.1. The third-order valence-electron chi connectivity index (χ3n) is 3.34. The molecule has 0 unspecified atom stereocenters. The summed E-state index contributed by atoms with van der Waals surface area (Å²) in [6.45, 7) is 6.59. The van der Waals surface area contributed by atoms with Crippen molar-refractivity contribution < 1.29 is 4.42 Å². The van der Waals surface area contributed by atoms with E-state index in [1.54, 1.807) is 0 Å². The Morgan fingerprint density at radius 1 is 1.33 bits per heavy atom. The molecule has 1 N–H and O–H groups in total. The lowest BCUT2D eigenvalue weighted by molar-refractivity contribution is 0.465. The van der Waals surface area contributed by atoms with Gasteiger partial charge >= 0.3 is 0 Å². The van der Waals surface area contributed by atoms with E-state index in [0.717, 1.165) is 37.0 Å². The third kappa shape index (κ3) is 1.94. The lowest BCUT2D eigenvalue weighted by atomic mass is 10.2. The van der Waals surface area contributed by atoms with Crippen molar-refractivity contribution in [1.29, 1.82) is 0 Å². The van der Waals surface area contributed by atoms with Crippen LogP contribution in [0.15, 0.2) is 28.7 Å². The van der Waals surface area contributed by atoms with Gasteiger partial charge in [0.15, 0.2) is 0 Å². The van der Waals surface area contributed by atoms with Gasteiger partial charge in [0.05, 0.1) is 23.6 Å². The van der Waals surface area contributed by atoms with Crippen molar-refractivity contribution in [2.75, 3.05) is 23.3 Å². The number of hydrogen-bond acceptors (Lipinski definition) is 4. The monoisotopic (exact) mass is 243 g/mol. The lowest BCUT2D eigenvalue weighted by Crippen LogP contribution is -2.33. The Labute approximate surface area is 107 Å². The Morgan fingerprint density at radius 2 is 2.17 bits per heavy atom. The number of nitrogens with one attached hydrogen (secondary N) is 1. The van der Waals surface area contributed by atoms with Gasteiger partial charge in [-0.05, 0) is 26.0 Å². The predicted molar refractivity (Wildman–Crippen MR) is 72.0 cm³/mol. The normalized spacial score (nSPS) is 14.2. The quantitative estimate of drug-likeness (QED) is 0.880. The molecule has 0 radical (unpaired) electrons. The Kier molecular flexibility index (Phi) is 2.70. The number of oxazole rings is 1. The number of aryl methyl sites for hydroxylation is 2. The van der Waals surface area contributed by atoms with E-state index in [-0.39, 0.29) is 0 Å². The van der Waals surface area contributed by atoms with Crippen LogP contribution in [0.5, 0.6) is 0 Å². The van der Waals surface area contributed by atoms with Crippen LogP contribution in [0.3, 0.4) is 0 Å². The van der Waals surface area contributed by atoms with Crippen LogP contribution in [-0.4, -0.2) is 18.1 Å². The minimum atomic E-state index is 0.730. The summed E-state index contributed by atoms with van der Waals surface area (Å²) < 4.78 is 5.66. The number of aromatic nitrogens is 1. The van der Waals surface area contributed by atoms with Crippen LogP contribution in [0.1, 0.15) is 17.3 Å². The van der Waals surface area contributed by atoms with E-state index in [1.807, 2.05) is 13.8 Å². The maximum absolute atomic E-state index is 5.66. The number of anilines is 2. The summed E-state index contributed by atoms with van der Waals surface area (Å²) in [4.78, 5) is 6.75. The molecule has 0 atom stereocenters. The minimum Gasteiger partial charge on any atom is -0.444 e. The van der Waals surface area contributed by atoms with Gasteiger partial charge in [-0.2, -0.15) is 0 Å². The van der Waals surface area contributed by atoms with Crippen LogP contribution in [0.4, 0.5) is 11.4 Å². The summed E-state index contributed by atoms with van der Waals surface area (Å²) in [5, 5.41) is 3.40. The molecule has 94 valence electrons. The molecule has 1 aliphatic rings. The standard InChI is InChI=1S/C14H17N3O/c1-10-11(2)18-14(16-10)9-17-8-7-15-12-5-3-4-6-13(12)17/h3-6,15H,7-9H2,1-2H3. The van der Waals surface area contributed by atoms with Gasteiger partial charge in [-0.15, -0.1) is 0 Å². The van der Waals surface area contributed by atoms with Crippen molar-refractivity contribution in [2.24, 2.45) is 0 Å². The zero-order chi connectivity index (χ0) is 12.5.